The van der Waals surface area contributed by atoms with Gasteiger partial charge in [0.25, 0.3) is 0 Å². The molecule has 1 N–H and O–H groups in total. The van der Waals surface area contributed by atoms with Crippen LogP contribution in [0, 0.1) is 13.8 Å². The predicted molar refractivity (Wildman–Crippen MR) is 75.4 cm³/mol. The van der Waals surface area contributed by atoms with E-state index in [1.165, 1.54) is 22.3 Å². The molecule has 1 atom stereocenters. The van der Waals surface area contributed by atoms with Gasteiger partial charge in [-0.15, -0.1) is 0 Å². The van der Waals surface area contributed by atoms with Crippen molar-refractivity contribution < 1.29 is 0 Å². The van der Waals surface area contributed by atoms with Crippen LogP contribution in [0.1, 0.15) is 35.2 Å². The van der Waals surface area contributed by atoms with E-state index in [9.17, 15) is 0 Å². The molecule has 0 bridgehead atoms. The van der Waals surface area contributed by atoms with Gasteiger partial charge in [-0.05, 0) is 43.5 Å². The van der Waals surface area contributed by atoms with E-state index in [4.69, 9.17) is 0 Å². The smallest absolute Gasteiger partial charge is 0.0315 e. The van der Waals surface area contributed by atoms with Crippen molar-refractivity contribution in [2.75, 3.05) is 0 Å². The van der Waals surface area contributed by atoms with Gasteiger partial charge in [-0.3, -0.25) is 4.98 Å². The Morgan fingerprint density at radius 3 is 2.78 bits per heavy atom. The summed E-state index contributed by atoms with van der Waals surface area (Å²) in [6.07, 6.45) is 3.77. The standard InChI is InChI=1S/C16H20N2/c1-12-5-4-6-15(9-12)14(3)18-11-16-10-17-8-7-13(16)2/h4-10,14,18H,11H2,1-3H3/t14-/m1/s1. The molecule has 1 aromatic heterocycles. The summed E-state index contributed by atoms with van der Waals surface area (Å²) in [6, 6.07) is 11.0. The third-order valence-corrected chi connectivity index (χ3v) is 3.29. The number of aromatic nitrogens is 1. The van der Waals surface area contributed by atoms with Gasteiger partial charge in [0, 0.05) is 25.0 Å². The van der Waals surface area contributed by atoms with E-state index < -0.39 is 0 Å². The lowest BCUT2D eigenvalue weighted by Gasteiger charge is -2.15. The van der Waals surface area contributed by atoms with Crippen LogP contribution >= 0.6 is 0 Å². The molecule has 2 nitrogen and oxygen atoms in total. The maximum absolute atomic E-state index is 4.17. The topological polar surface area (TPSA) is 24.9 Å². The van der Waals surface area contributed by atoms with Gasteiger partial charge in [0.15, 0.2) is 0 Å². The average Bonchev–Trinajstić information content (AvgIpc) is 2.37. The number of rotatable bonds is 4. The molecule has 2 aromatic rings. The van der Waals surface area contributed by atoms with Gasteiger partial charge in [0.2, 0.25) is 0 Å². The van der Waals surface area contributed by atoms with E-state index in [0.29, 0.717) is 6.04 Å². The van der Waals surface area contributed by atoms with Crippen LogP contribution < -0.4 is 5.32 Å². The summed E-state index contributed by atoms with van der Waals surface area (Å²) in [5, 5.41) is 3.54. The lowest BCUT2D eigenvalue weighted by molar-refractivity contribution is 0.572. The highest BCUT2D eigenvalue weighted by Crippen LogP contribution is 2.15. The molecular formula is C16H20N2. The summed E-state index contributed by atoms with van der Waals surface area (Å²) in [7, 11) is 0. The van der Waals surface area contributed by atoms with Crippen LogP contribution in [0.3, 0.4) is 0 Å². The van der Waals surface area contributed by atoms with Crippen molar-refractivity contribution >= 4 is 0 Å². The molecule has 94 valence electrons. The van der Waals surface area contributed by atoms with E-state index in [1.54, 1.807) is 0 Å². The Labute approximate surface area is 109 Å². The second-order valence-electron chi connectivity index (χ2n) is 4.82. The third-order valence-electron chi connectivity index (χ3n) is 3.29. The predicted octanol–water partition coefficient (Wildman–Crippen LogP) is 3.55. The first kappa shape index (κ1) is 12.8. The van der Waals surface area contributed by atoms with Gasteiger partial charge in [0.05, 0.1) is 0 Å². The molecular weight excluding hydrogens is 220 g/mol. The second-order valence-corrected chi connectivity index (χ2v) is 4.82. The van der Waals surface area contributed by atoms with Gasteiger partial charge in [-0.2, -0.15) is 0 Å². The first-order chi connectivity index (χ1) is 8.66. The zero-order valence-electron chi connectivity index (χ0n) is 11.3. The average molecular weight is 240 g/mol. The Hall–Kier alpha value is -1.67. The molecule has 0 saturated carbocycles. The van der Waals surface area contributed by atoms with E-state index in [1.807, 2.05) is 18.5 Å². The number of nitrogens with one attached hydrogen (secondary N) is 1. The summed E-state index contributed by atoms with van der Waals surface area (Å²) >= 11 is 0. The Morgan fingerprint density at radius 2 is 2.06 bits per heavy atom. The molecule has 2 rings (SSSR count). The molecule has 0 amide bonds. The summed E-state index contributed by atoms with van der Waals surface area (Å²) in [4.78, 5) is 4.17. The fourth-order valence-electron chi connectivity index (χ4n) is 2.00. The Bertz CT molecular complexity index is 520. The van der Waals surface area contributed by atoms with Gasteiger partial charge in [-0.1, -0.05) is 29.8 Å². The lowest BCUT2D eigenvalue weighted by Crippen LogP contribution is -2.18. The minimum Gasteiger partial charge on any atom is -0.306 e. The number of pyridine rings is 1. The van der Waals surface area contributed by atoms with Crippen LogP contribution in [0.4, 0.5) is 0 Å². The van der Waals surface area contributed by atoms with Crippen LogP contribution in [-0.4, -0.2) is 4.98 Å². The fourth-order valence-corrected chi connectivity index (χ4v) is 2.00. The van der Waals surface area contributed by atoms with Crippen LogP contribution in [0.25, 0.3) is 0 Å². The molecule has 18 heavy (non-hydrogen) atoms. The van der Waals surface area contributed by atoms with E-state index in [2.05, 4.69) is 55.3 Å². The zero-order chi connectivity index (χ0) is 13.0. The molecule has 1 heterocycles. The minimum atomic E-state index is 0.351. The summed E-state index contributed by atoms with van der Waals surface area (Å²) in [5.41, 5.74) is 5.18. The molecule has 0 spiro atoms. The monoisotopic (exact) mass is 240 g/mol. The van der Waals surface area contributed by atoms with Crippen molar-refractivity contribution in [1.29, 1.82) is 0 Å². The zero-order valence-corrected chi connectivity index (χ0v) is 11.3. The highest BCUT2D eigenvalue weighted by molar-refractivity contribution is 5.25. The number of hydrogen-bond acceptors (Lipinski definition) is 2. The van der Waals surface area contributed by atoms with Gasteiger partial charge in [0.1, 0.15) is 0 Å². The van der Waals surface area contributed by atoms with E-state index in [-0.39, 0.29) is 0 Å². The van der Waals surface area contributed by atoms with E-state index >= 15 is 0 Å². The van der Waals surface area contributed by atoms with Crippen molar-refractivity contribution in [2.24, 2.45) is 0 Å². The highest BCUT2D eigenvalue weighted by atomic mass is 14.9. The molecule has 0 unspecified atom stereocenters. The SMILES string of the molecule is Cc1cccc([C@@H](C)NCc2cnccc2C)c1. The van der Waals surface area contributed by atoms with Gasteiger partial charge >= 0.3 is 0 Å². The summed E-state index contributed by atoms with van der Waals surface area (Å²) < 4.78 is 0. The number of aryl methyl sites for hydroxylation is 2. The lowest BCUT2D eigenvalue weighted by atomic mass is 10.1. The maximum Gasteiger partial charge on any atom is 0.0315 e. The number of hydrogen-bond donors (Lipinski definition) is 1. The molecule has 2 heteroatoms. The summed E-state index contributed by atoms with van der Waals surface area (Å²) in [6.45, 7) is 7.30. The second kappa shape index (κ2) is 5.78. The van der Waals surface area contributed by atoms with Crippen LogP contribution in [0.15, 0.2) is 42.7 Å². The molecule has 0 aliphatic heterocycles. The van der Waals surface area contributed by atoms with Crippen molar-refractivity contribution in [3.05, 3.63) is 65.0 Å². The first-order valence-electron chi connectivity index (χ1n) is 6.36. The molecule has 1 aromatic carbocycles. The maximum atomic E-state index is 4.17. The fraction of sp³-hybridized carbons (Fsp3) is 0.312. The van der Waals surface area contributed by atoms with Crippen molar-refractivity contribution in [3.63, 3.8) is 0 Å². The van der Waals surface area contributed by atoms with Crippen molar-refractivity contribution in [2.45, 2.75) is 33.4 Å². The summed E-state index contributed by atoms with van der Waals surface area (Å²) in [5.74, 6) is 0. The molecule has 0 radical (unpaired) electrons. The number of benzene rings is 1. The third kappa shape index (κ3) is 3.17. The van der Waals surface area contributed by atoms with Crippen LogP contribution in [0.2, 0.25) is 0 Å². The van der Waals surface area contributed by atoms with Crippen LogP contribution in [-0.2, 0) is 6.54 Å². The molecule has 0 saturated heterocycles. The molecule has 0 fully saturated rings. The van der Waals surface area contributed by atoms with Crippen LogP contribution in [0.5, 0.6) is 0 Å². The van der Waals surface area contributed by atoms with Gasteiger partial charge in [-0.25, -0.2) is 0 Å². The Balaban J connectivity index is 2.00. The highest BCUT2D eigenvalue weighted by Gasteiger charge is 2.05. The normalized spacial score (nSPS) is 12.4. The van der Waals surface area contributed by atoms with E-state index in [0.717, 1.165) is 6.54 Å². The van der Waals surface area contributed by atoms with Crippen molar-refractivity contribution in [3.8, 4) is 0 Å². The molecule has 0 aliphatic rings. The van der Waals surface area contributed by atoms with Crippen molar-refractivity contribution in [1.82, 2.24) is 10.3 Å². The Kier molecular flexibility index (Phi) is 4.11. The minimum absolute atomic E-state index is 0.351. The largest absolute Gasteiger partial charge is 0.306 e. The first-order valence-corrected chi connectivity index (χ1v) is 6.36. The quantitative estimate of drug-likeness (QED) is 0.884. The van der Waals surface area contributed by atoms with Gasteiger partial charge < -0.3 is 5.32 Å². The number of nitrogens with zero attached hydrogens (tertiary/aromatic N) is 1. The molecule has 0 aliphatic carbocycles. The Morgan fingerprint density at radius 1 is 1.22 bits per heavy atom.